The van der Waals surface area contributed by atoms with E-state index < -0.39 is 6.10 Å². The minimum absolute atomic E-state index is 0.157. The van der Waals surface area contributed by atoms with Crippen molar-refractivity contribution < 1.29 is 5.11 Å². The molecular formula is C12H14BrNO. The summed E-state index contributed by atoms with van der Waals surface area (Å²) in [6.07, 6.45) is 3.26. The molecule has 2 atom stereocenters. The topological polar surface area (TPSA) is 33.1 Å². The van der Waals surface area contributed by atoms with Crippen molar-refractivity contribution in [2.45, 2.75) is 25.9 Å². The first-order chi connectivity index (χ1) is 7.04. The summed E-state index contributed by atoms with van der Waals surface area (Å²) in [7, 11) is 0. The van der Waals surface area contributed by atoms with Crippen LogP contribution in [-0.2, 0) is 0 Å². The molecule has 0 aliphatic heterocycles. The van der Waals surface area contributed by atoms with E-state index in [1.165, 1.54) is 0 Å². The summed E-state index contributed by atoms with van der Waals surface area (Å²) in [5.74, 6) is 0. The normalized spacial score (nSPS) is 27.3. The van der Waals surface area contributed by atoms with Gasteiger partial charge in [0.2, 0.25) is 0 Å². The molecule has 2 unspecified atom stereocenters. The summed E-state index contributed by atoms with van der Waals surface area (Å²) in [6, 6.07) is 3.75. The van der Waals surface area contributed by atoms with Crippen molar-refractivity contribution in [1.29, 1.82) is 0 Å². The number of aliphatic hydroxyl groups is 1. The third-order valence-corrected chi connectivity index (χ3v) is 3.89. The van der Waals surface area contributed by atoms with E-state index in [9.17, 15) is 5.11 Å². The molecule has 1 fully saturated rings. The van der Waals surface area contributed by atoms with Gasteiger partial charge in [0.1, 0.15) is 4.60 Å². The molecule has 0 spiro atoms. The Balaban J connectivity index is 2.24. The first-order valence-electron chi connectivity index (χ1n) is 5.02. The van der Waals surface area contributed by atoms with E-state index in [-0.39, 0.29) is 5.41 Å². The molecule has 0 bridgehead atoms. The molecule has 1 heterocycles. The average Bonchev–Trinajstić information content (AvgIpc) is 2.26. The highest BCUT2D eigenvalue weighted by atomic mass is 79.9. The van der Waals surface area contributed by atoms with Crippen LogP contribution in [0.2, 0.25) is 0 Å². The van der Waals surface area contributed by atoms with E-state index in [0.29, 0.717) is 0 Å². The highest BCUT2D eigenvalue weighted by molar-refractivity contribution is 9.10. The molecule has 80 valence electrons. The summed E-state index contributed by atoms with van der Waals surface area (Å²) < 4.78 is 0.788. The van der Waals surface area contributed by atoms with Crippen molar-refractivity contribution in [3.8, 4) is 0 Å². The predicted molar refractivity (Wildman–Crippen MR) is 63.4 cm³/mol. The van der Waals surface area contributed by atoms with Gasteiger partial charge in [0.15, 0.2) is 0 Å². The minimum atomic E-state index is -0.487. The summed E-state index contributed by atoms with van der Waals surface area (Å²) in [4.78, 5) is 4.12. The second kappa shape index (κ2) is 3.72. The lowest BCUT2D eigenvalue weighted by atomic mass is 9.62. The van der Waals surface area contributed by atoms with Crippen molar-refractivity contribution in [1.82, 2.24) is 4.98 Å². The summed E-state index contributed by atoms with van der Waals surface area (Å²) in [5.41, 5.74) is 1.84. The van der Waals surface area contributed by atoms with E-state index >= 15 is 0 Å². The first-order valence-corrected chi connectivity index (χ1v) is 5.81. The largest absolute Gasteiger partial charge is 0.387 e. The standard InChI is InChI=1S/C12H14BrNO/c1-8-5-6-12(8,2)11(15)9-3-4-10(13)14-7-9/h3-4,7,11,15H,1,5-6H2,2H3. The van der Waals surface area contributed by atoms with Crippen LogP contribution >= 0.6 is 15.9 Å². The Hall–Kier alpha value is -0.670. The highest BCUT2D eigenvalue weighted by Crippen LogP contribution is 2.52. The molecule has 0 radical (unpaired) electrons. The fourth-order valence-corrected chi connectivity index (χ4v) is 2.18. The zero-order chi connectivity index (χ0) is 11.1. The maximum atomic E-state index is 10.2. The van der Waals surface area contributed by atoms with Crippen LogP contribution in [-0.4, -0.2) is 10.1 Å². The van der Waals surface area contributed by atoms with Gasteiger partial charge in [0, 0.05) is 11.6 Å². The smallest absolute Gasteiger partial charge is 0.106 e. The molecule has 0 saturated heterocycles. The van der Waals surface area contributed by atoms with Crippen LogP contribution in [0.4, 0.5) is 0 Å². The van der Waals surface area contributed by atoms with Crippen molar-refractivity contribution in [3.63, 3.8) is 0 Å². The molecule has 0 amide bonds. The molecule has 1 N–H and O–H groups in total. The van der Waals surface area contributed by atoms with Crippen LogP contribution in [0.15, 0.2) is 35.1 Å². The van der Waals surface area contributed by atoms with Gasteiger partial charge >= 0.3 is 0 Å². The van der Waals surface area contributed by atoms with Crippen LogP contribution in [0.5, 0.6) is 0 Å². The van der Waals surface area contributed by atoms with Gasteiger partial charge < -0.3 is 5.11 Å². The van der Waals surface area contributed by atoms with Crippen molar-refractivity contribution >= 4 is 15.9 Å². The number of hydrogen-bond acceptors (Lipinski definition) is 2. The third kappa shape index (κ3) is 1.74. The molecule has 1 aromatic rings. The highest BCUT2D eigenvalue weighted by Gasteiger charge is 2.43. The van der Waals surface area contributed by atoms with Crippen LogP contribution in [0, 0.1) is 5.41 Å². The van der Waals surface area contributed by atoms with Gasteiger partial charge in [-0.25, -0.2) is 4.98 Å². The number of aromatic nitrogens is 1. The molecule has 0 aromatic carbocycles. The zero-order valence-electron chi connectivity index (χ0n) is 8.70. The number of nitrogens with zero attached hydrogens (tertiary/aromatic N) is 1. The summed E-state index contributed by atoms with van der Waals surface area (Å²) in [5, 5.41) is 10.2. The second-order valence-corrected chi connectivity index (χ2v) is 5.15. The van der Waals surface area contributed by atoms with Crippen LogP contribution < -0.4 is 0 Å². The van der Waals surface area contributed by atoms with E-state index in [1.807, 2.05) is 12.1 Å². The Labute approximate surface area is 98.2 Å². The van der Waals surface area contributed by atoms with Gasteiger partial charge in [-0.15, -0.1) is 0 Å². The van der Waals surface area contributed by atoms with Gasteiger partial charge in [-0.1, -0.05) is 25.1 Å². The Bertz CT molecular complexity index is 387. The Morgan fingerprint density at radius 3 is 2.73 bits per heavy atom. The van der Waals surface area contributed by atoms with E-state index in [4.69, 9.17) is 0 Å². The predicted octanol–water partition coefficient (Wildman–Crippen LogP) is 3.23. The monoisotopic (exact) mass is 267 g/mol. The number of hydrogen-bond donors (Lipinski definition) is 1. The van der Waals surface area contributed by atoms with Crippen LogP contribution in [0.3, 0.4) is 0 Å². The minimum Gasteiger partial charge on any atom is -0.387 e. The quantitative estimate of drug-likeness (QED) is 0.659. The molecule has 2 rings (SSSR count). The molecular weight excluding hydrogens is 254 g/mol. The number of aliphatic hydroxyl groups excluding tert-OH is 1. The summed E-state index contributed by atoms with van der Waals surface area (Å²) >= 11 is 3.28. The Kier molecular flexibility index (Phi) is 2.69. The van der Waals surface area contributed by atoms with Crippen molar-refractivity contribution in [2.75, 3.05) is 0 Å². The maximum absolute atomic E-state index is 10.2. The van der Waals surface area contributed by atoms with E-state index in [2.05, 4.69) is 34.4 Å². The molecule has 1 aliphatic rings. The van der Waals surface area contributed by atoms with E-state index in [0.717, 1.165) is 28.6 Å². The van der Waals surface area contributed by atoms with Crippen molar-refractivity contribution in [3.05, 3.63) is 40.6 Å². The second-order valence-electron chi connectivity index (χ2n) is 4.34. The molecule has 1 aliphatic carbocycles. The molecule has 2 nitrogen and oxygen atoms in total. The van der Waals surface area contributed by atoms with Gasteiger partial charge in [0.25, 0.3) is 0 Å². The lowest BCUT2D eigenvalue weighted by Gasteiger charge is -2.44. The van der Waals surface area contributed by atoms with Gasteiger partial charge in [0.05, 0.1) is 6.10 Å². The van der Waals surface area contributed by atoms with Crippen LogP contribution in [0.1, 0.15) is 31.4 Å². The van der Waals surface area contributed by atoms with Crippen LogP contribution in [0.25, 0.3) is 0 Å². The zero-order valence-corrected chi connectivity index (χ0v) is 10.3. The molecule has 15 heavy (non-hydrogen) atoms. The average molecular weight is 268 g/mol. The van der Waals surface area contributed by atoms with Gasteiger partial charge in [-0.2, -0.15) is 0 Å². The molecule has 3 heteroatoms. The summed E-state index contributed by atoms with van der Waals surface area (Å²) in [6.45, 7) is 6.05. The SMILES string of the molecule is C=C1CCC1(C)C(O)c1ccc(Br)nc1. The Morgan fingerprint density at radius 2 is 2.33 bits per heavy atom. The lowest BCUT2D eigenvalue weighted by Crippen LogP contribution is -2.35. The number of rotatable bonds is 2. The number of halogens is 1. The van der Waals surface area contributed by atoms with E-state index in [1.54, 1.807) is 6.20 Å². The third-order valence-electron chi connectivity index (χ3n) is 3.42. The van der Waals surface area contributed by atoms with Gasteiger partial charge in [-0.05, 0) is 40.4 Å². The first kappa shape index (κ1) is 10.8. The van der Waals surface area contributed by atoms with Crippen molar-refractivity contribution in [2.24, 2.45) is 5.41 Å². The lowest BCUT2D eigenvalue weighted by molar-refractivity contribution is 0.0260. The fourth-order valence-electron chi connectivity index (χ4n) is 1.94. The molecule has 1 aromatic heterocycles. The molecule has 1 saturated carbocycles. The van der Waals surface area contributed by atoms with Gasteiger partial charge in [-0.3, -0.25) is 0 Å². The Morgan fingerprint density at radius 1 is 1.60 bits per heavy atom. The number of pyridine rings is 1. The maximum Gasteiger partial charge on any atom is 0.106 e. The fraction of sp³-hybridized carbons (Fsp3) is 0.417.